The normalized spacial score (nSPS) is 24.9. The molecule has 2 unspecified atom stereocenters. The topological polar surface area (TPSA) is 37.8 Å². The van der Waals surface area contributed by atoms with Gasteiger partial charge in [0.15, 0.2) is 0 Å². The summed E-state index contributed by atoms with van der Waals surface area (Å²) < 4.78 is 0. The van der Waals surface area contributed by atoms with Gasteiger partial charge in [0, 0.05) is 23.3 Å². The van der Waals surface area contributed by atoms with Crippen molar-refractivity contribution in [1.29, 1.82) is 0 Å². The molecule has 116 valence electrons. The van der Waals surface area contributed by atoms with Gasteiger partial charge in [0.05, 0.1) is 0 Å². The molecule has 2 aliphatic carbocycles. The van der Waals surface area contributed by atoms with Gasteiger partial charge in [-0.15, -0.1) is 0 Å². The summed E-state index contributed by atoms with van der Waals surface area (Å²) in [4.78, 5) is 9.64. The molecule has 0 spiro atoms. The molecule has 0 bridgehead atoms. The van der Waals surface area contributed by atoms with Crippen LogP contribution in [0.4, 0.5) is 0 Å². The highest BCUT2D eigenvalue weighted by molar-refractivity contribution is 5.28. The maximum absolute atomic E-state index is 4.82. The highest BCUT2D eigenvalue weighted by atomic mass is 14.9. The Bertz CT molecular complexity index is 508. The number of rotatable bonds is 6. The van der Waals surface area contributed by atoms with Gasteiger partial charge < -0.3 is 5.32 Å². The predicted octanol–water partition coefficient (Wildman–Crippen LogP) is 3.54. The summed E-state index contributed by atoms with van der Waals surface area (Å²) in [5.41, 5.74) is 4.15. The summed E-state index contributed by atoms with van der Waals surface area (Å²) in [7, 11) is 0. The van der Waals surface area contributed by atoms with Crippen LogP contribution in [0.5, 0.6) is 0 Å². The Morgan fingerprint density at radius 2 is 1.76 bits per heavy atom. The first-order valence-electron chi connectivity index (χ1n) is 8.44. The fraction of sp³-hybridized carbons (Fsp3) is 0.778. The van der Waals surface area contributed by atoms with Crippen LogP contribution in [0.3, 0.4) is 0 Å². The van der Waals surface area contributed by atoms with Crippen LogP contribution < -0.4 is 5.32 Å². The lowest BCUT2D eigenvalue weighted by atomic mass is 9.98. The first kappa shape index (κ1) is 15.0. The third-order valence-electron chi connectivity index (χ3n) is 5.15. The zero-order valence-electron chi connectivity index (χ0n) is 14.2. The zero-order chi connectivity index (χ0) is 15.2. The zero-order valence-corrected chi connectivity index (χ0v) is 14.2. The van der Waals surface area contributed by atoms with E-state index in [1.165, 1.54) is 36.2 Å². The van der Waals surface area contributed by atoms with Gasteiger partial charge in [-0.3, -0.25) is 0 Å². The van der Waals surface area contributed by atoms with Crippen molar-refractivity contribution in [2.75, 3.05) is 6.54 Å². The number of aromatic nitrogens is 2. The van der Waals surface area contributed by atoms with Gasteiger partial charge in [-0.05, 0) is 63.0 Å². The van der Waals surface area contributed by atoms with Crippen molar-refractivity contribution in [1.82, 2.24) is 15.3 Å². The molecule has 1 N–H and O–H groups in total. The first-order valence-corrected chi connectivity index (χ1v) is 8.44. The summed E-state index contributed by atoms with van der Waals surface area (Å²) in [5, 5.41) is 3.63. The maximum atomic E-state index is 4.82. The fourth-order valence-electron chi connectivity index (χ4n) is 3.20. The molecule has 3 rings (SSSR count). The van der Waals surface area contributed by atoms with Crippen molar-refractivity contribution < 1.29 is 0 Å². The van der Waals surface area contributed by atoms with Crippen LogP contribution in [0.1, 0.15) is 68.7 Å². The van der Waals surface area contributed by atoms with Gasteiger partial charge >= 0.3 is 0 Å². The lowest BCUT2D eigenvalue weighted by Gasteiger charge is -2.16. The number of nitrogens with zero attached hydrogens (tertiary/aromatic N) is 2. The minimum atomic E-state index is 0.405. The average molecular weight is 287 g/mol. The largest absolute Gasteiger partial charge is 0.314 e. The third-order valence-corrected chi connectivity index (χ3v) is 5.15. The molecule has 21 heavy (non-hydrogen) atoms. The molecule has 0 aromatic carbocycles. The van der Waals surface area contributed by atoms with Gasteiger partial charge in [0.2, 0.25) is 0 Å². The lowest BCUT2D eigenvalue weighted by molar-refractivity contribution is 0.505. The molecule has 0 radical (unpaired) electrons. The summed E-state index contributed by atoms with van der Waals surface area (Å²) in [6, 6.07) is 0.797. The Morgan fingerprint density at radius 1 is 1.19 bits per heavy atom. The molecule has 2 aliphatic rings. The minimum absolute atomic E-state index is 0.405. The van der Waals surface area contributed by atoms with Crippen molar-refractivity contribution in [2.45, 2.75) is 72.3 Å². The standard InChI is InChI=1S/C18H29N3/c1-11(10-19-14-6-7-14)8-15-12(2)20-17(21-13(15)3)16-9-18(16,4)5/h11,14,16,19H,6-10H2,1-5H3. The third kappa shape index (κ3) is 3.45. The molecule has 0 amide bonds. The molecule has 1 aromatic heterocycles. The van der Waals surface area contributed by atoms with E-state index in [9.17, 15) is 0 Å². The second-order valence-corrected chi connectivity index (χ2v) is 7.97. The SMILES string of the molecule is Cc1nc(C2CC2(C)C)nc(C)c1CC(C)CNC1CC1. The van der Waals surface area contributed by atoms with Gasteiger partial charge in [0.1, 0.15) is 5.82 Å². The number of nitrogens with one attached hydrogen (secondary N) is 1. The maximum Gasteiger partial charge on any atom is 0.132 e. The highest BCUT2D eigenvalue weighted by Crippen LogP contribution is 2.57. The van der Waals surface area contributed by atoms with Crippen LogP contribution in [0.25, 0.3) is 0 Å². The molecule has 1 aromatic rings. The Labute approximate surface area is 129 Å². The Balaban J connectivity index is 1.67. The summed E-state index contributed by atoms with van der Waals surface area (Å²) >= 11 is 0. The number of hydrogen-bond donors (Lipinski definition) is 1. The van der Waals surface area contributed by atoms with E-state index < -0.39 is 0 Å². The molecule has 1 heterocycles. The first-order chi connectivity index (χ1) is 9.87. The van der Waals surface area contributed by atoms with E-state index in [1.807, 2.05) is 0 Å². The molecular formula is C18H29N3. The minimum Gasteiger partial charge on any atom is -0.314 e. The van der Waals surface area contributed by atoms with E-state index in [0.717, 1.165) is 24.8 Å². The molecular weight excluding hydrogens is 258 g/mol. The number of hydrogen-bond acceptors (Lipinski definition) is 3. The van der Waals surface area contributed by atoms with E-state index in [2.05, 4.69) is 39.9 Å². The van der Waals surface area contributed by atoms with Crippen molar-refractivity contribution in [3.8, 4) is 0 Å². The van der Waals surface area contributed by atoms with Gasteiger partial charge in [-0.1, -0.05) is 20.8 Å². The van der Waals surface area contributed by atoms with Crippen molar-refractivity contribution in [3.05, 3.63) is 22.8 Å². The highest BCUT2D eigenvalue weighted by Gasteiger charge is 2.48. The van der Waals surface area contributed by atoms with Gasteiger partial charge in [-0.2, -0.15) is 0 Å². The van der Waals surface area contributed by atoms with E-state index in [0.29, 0.717) is 17.3 Å². The molecule has 0 aliphatic heterocycles. The Kier molecular flexibility index (Phi) is 3.81. The molecule has 3 nitrogen and oxygen atoms in total. The van der Waals surface area contributed by atoms with Gasteiger partial charge in [-0.25, -0.2) is 9.97 Å². The van der Waals surface area contributed by atoms with Crippen molar-refractivity contribution >= 4 is 0 Å². The van der Waals surface area contributed by atoms with Crippen LogP contribution in [0.15, 0.2) is 0 Å². The van der Waals surface area contributed by atoms with E-state index in [-0.39, 0.29) is 0 Å². The number of aryl methyl sites for hydroxylation is 2. The van der Waals surface area contributed by atoms with E-state index in [1.54, 1.807) is 0 Å². The molecule has 2 saturated carbocycles. The molecule has 3 heteroatoms. The van der Waals surface area contributed by atoms with Crippen molar-refractivity contribution in [3.63, 3.8) is 0 Å². The smallest absolute Gasteiger partial charge is 0.132 e. The van der Waals surface area contributed by atoms with E-state index in [4.69, 9.17) is 9.97 Å². The van der Waals surface area contributed by atoms with Crippen LogP contribution >= 0.6 is 0 Å². The van der Waals surface area contributed by atoms with E-state index >= 15 is 0 Å². The second-order valence-electron chi connectivity index (χ2n) is 7.97. The van der Waals surface area contributed by atoms with Gasteiger partial charge in [0.25, 0.3) is 0 Å². The molecule has 0 saturated heterocycles. The van der Waals surface area contributed by atoms with Crippen molar-refractivity contribution in [2.24, 2.45) is 11.3 Å². The summed E-state index contributed by atoms with van der Waals surface area (Å²) in [5.74, 6) is 2.29. The fourth-order valence-corrected chi connectivity index (χ4v) is 3.20. The van der Waals surface area contributed by atoms with Crippen LogP contribution in [-0.4, -0.2) is 22.6 Å². The molecule has 2 atom stereocenters. The lowest BCUT2D eigenvalue weighted by Crippen LogP contribution is -2.25. The quantitative estimate of drug-likeness (QED) is 0.869. The van der Waals surface area contributed by atoms with Crippen LogP contribution in [0.2, 0.25) is 0 Å². The Hall–Kier alpha value is -0.960. The second kappa shape index (κ2) is 5.35. The predicted molar refractivity (Wildman–Crippen MR) is 86.5 cm³/mol. The van der Waals surface area contributed by atoms with Crippen LogP contribution in [-0.2, 0) is 6.42 Å². The Morgan fingerprint density at radius 3 is 2.24 bits per heavy atom. The molecule has 2 fully saturated rings. The summed E-state index contributed by atoms with van der Waals surface area (Å²) in [6.45, 7) is 12.4. The van der Waals surface area contributed by atoms with Crippen LogP contribution in [0, 0.1) is 25.2 Å². The summed E-state index contributed by atoms with van der Waals surface area (Å²) in [6.07, 6.45) is 5.04. The average Bonchev–Trinajstić information content (AvgIpc) is 3.29. The monoisotopic (exact) mass is 287 g/mol.